The summed E-state index contributed by atoms with van der Waals surface area (Å²) in [5, 5.41) is 35.1. The van der Waals surface area contributed by atoms with E-state index >= 15 is 0 Å². The summed E-state index contributed by atoms with van der Waals surface area (Å²) in [6.07, 6.45) is 0. The van der Waals surface area contributed by atoms with Gasteiger partial charge in [0.2, 0.25) is 0 Å². The van der Waals surface area contributed by atoms with Crippen molar-refractivity contribution in [3.63, 3.8) is 0 Å². The first-order valence-corrected chi connectivity index (χ1v) is 9.64. The van der Waals surface area contributed by atoms with E-state index in [2.05, 4.69) is 0 Å². The summed E-state index contributed by atoms with van der Waals surface area (Å²) in [4.78, 5) is 41.9. The fourth-order valence-electron chi connectivity index (χ4n) is 2.22. The molecule has 3 aromatic carbocycles. The lowest BCUT2D eigenvalue weighted by molar-refractivity contribution is 0.0651. The van der Waals surface area contributed by atoms with Gasteiger partial charge in [0.15, 0.2) is 5.30 Å². The summed E-state index contributed by atoms with van der Waals surface area (Å²) in [6, 6.07) is 20.3. The molecule has 0 saturated carbocycles. The molecule has 3 rings (SSSR count). The van der Waals surface area contributed by atoms with Gasteiger partial charge in [0, 0.05) is 0 Å². The van der Waals surface area contributed by atoms with Crippen molar-refractivity contribution in [2.75, 3.05) is 0 Å². The Kier molecular flexibility index (Phi) is 10.5. The highest BCUT2D eigenvalue weighted by atomic mass is 31.1. The Labute approximate surface area is 183 Å². The SMILES string of the molecule is O=C(O)c1ccccc1C(=O)O.O=C(O)c1ccccc1C(=O)O.O=[PH+]c1ccccc1. The zero-order valence-electron chi connectivity index (χ0n) is 16.3. The molecule has 0 aliphatic carbocycles. The van der Waals surface area contributed by atoms with Crippen molar-refractivity contribution < 1.29 is 44.2 Å². The lowest BCUT2D eigenvalue weighted by Gasteiger charge is -1.98. The summed E-state index contributed by atoms with van der Waals surface area (Å²) in [5.74, 6) is -4.91. The minimum atomic E-state index is -1.23. The van der Waals surface area contributed by atoms with E-state index in [0.717, 1.165) is 5.30 Å². The highest BCUT2D eigenvalue weighted by Crippen LogP contribution is 2.08. The second-order valence-corrected chi connectivity index (χ2v) is 6.56. The van der Waals surface area contributed by atoms with Gasteiger partial charge in [-0.25, -0.2) is 19.2 Å². The van der Waals surface area contributed by atoms with Gasteiger partial charge < -0.3 is 20.4 Å². The van der Waals surface area contributed by atoms with Crippen LogP contribution < -0.4 is 5.30 Å². The van der Waals surface area contributed by atoms with E-state index in [-0.39, 0.29) is 30.7 Å². The molecule has 10 heteroatoms. The maximum atomic E-state index is 10.5. The van der Waals surface area contributed by atoms with Gasteiger partial charge in [-0.1, -0.05) is 47.0 Å². The second kappa shape index (κ2) is 13.0. The molecule has 0 spiro atoms. The van der Waals surface area contributed by atoms with E-state index < -0.39 is 23.9 Å². The van der Waals surface area contributed by atoms with Gasteiger partial charge in [0.05, 0.1) is 22.3 Å². The standard InChI is InChI=1S/2C8H6O4.C6H5OP/c2*9-7(10)5-3-1-2-4-6(5)8(11)12;7-8-6-4-2-1-3-5-6/h2*1-4H,(H,9,10)(H,11,12);1-5H/p+1. The lowest BCUT2D eigenvalue weighted by Crippen LogP contribution is -2.06. The summed E-state index contributed by atoms with van der Waals surface area (Å²) < 4.78 is 10.2. The Morgan fingerprint density at radius 1 is 0.469 bits per heavy atom. The first kappa shape index (κ1) is 25.7. The Balaban J connectivity index is 0.000000245. The highest BCUT2D eigenvalue weighted by molar-refractivity contribution is 7.34. The van der Waals surface area contributed by atoms with Crippen molar-refractivity contribution in [3.05, 3.63) is 101 Å². The fraction of sp³-hybridized carbons (Fsp3) is 0. The van der Waals surface area contributed by atoms with Gasteiger partial charge in [0.25, 0.3) is 0 Å². The molecule has 0 amide bonds. The molecule has 0 radical (unpaired) electrons. The monoisotopic (exact) mass is 457 g/mol. The first-order chi connectivity index (χ1) is 15.2. The molecule has 0 aromatic heterocycles. The minimum Gasteiger partial charge on any atom is -0.478 e. The number of carbonyl (C=O) groups is 4. The third-order valence-electron chi connectivity index (χ3n) is 3.67. The van der Waals surface area contributed by atoms with E-state index in [1.54, 1.807) is 0 Å². The quantitative estimate of drug-likeness (QED) is 0.419. The van der Waals surface area contributed by atoms with Crippen LogP contribution in [0.2, 0.25) is 0 Å². The molecule has 164 valence electrons. The topological polar surface area (TPSA) is 166 Å². The predicted molar refractivity (Wildman–Crippen MR) is 116 cm³/mol. The van der Waals surface area contributed by atoms with E-state index in [1.165, 1.54) is 48.5 Å². The number of carboxylic acids is 4. The molecule has 0 aliphatic heterocycles. The Bertz CT molecular complexity index is 978. The van der Waals surface area contributed by atoms with Gasteiger partial charge in [-0.15, -0.1) is 0 Å². The minimum absolute atomic E-state index is 0.190. The smallest absolute Gasteiger partial charge is 0.363 e. The van der Waals surface area contributed by atoms with E-state index in [9.17, 15) is 23.7 Å². The van der Waals surface area contributed by atoms with Crippen LogP contribution in [0, 0.1) is 0 Å². The molecule has 32 heavy (non-hydrogen) atoms. The van der Waals surface area contributed by atoms with Crippen LogP contribution in [-0.4, -0.2) is 44.3 Å². The molecule has 4 N–H and O–H groups in total. The van der Waals surface area contributed by atoms with E-state index in [0.29, 0.717) is 0 Å². The number of benzene rings is 3. The molecule has 0 aliphatic rings. The average molecular weight is 457 g/mol. The van der Waals surface area contributed by atoms with Gasteiger partial charge in [-0.05, 0) is 36.4 Å². The van der Waals surface area contributed by atoms with Crippen LogP contribution in [0.1, 0.15) is 41.4 Å². The number of aromatic carboxylic acids is 4. The maximum Gasteiger partial charge on any atom is 0.363 e. The molecular formula is C22H18O9P+. The Hall–Kier alpha value is -4.36. The highest BCUT2D eigenvalue weighted by Gasteiger charge is 2.14. The summed E-state index contributed by atoms with van der Waals surface area (Å²) in [7, 11) is -0.320. The molecule has 0 bridgehead atoms. The number of hydrogen-bond acceptors (Lipinski definition) is 5. The van der Waals surface area contributed by atoms with E-state index in [1.807, 2.05) is 30.3 Å². The van der Waals surface area contributed by atoms with Crippen molar-refractivity contribution in [2.45, 2.75) is 0 Å². The molecule has 1 unspecified atom stereocenters. The fourth-order valence-corrected chi connectivity index (χ4v) is 2.55. The second-order valence-electron chi connectivity index (χ2n) is 5.78. The average Bonchev–Trinajstić information content (AvgIpc) is 2.80. The molecule has 9 nitrogen and oxygen atoms in total. The summed E-state index contributed by atoms with van der Waals surface area (Å²) in [5.41, 5.74) is -0.759. The van der Waals surface area contributed by atoms with Crippen LogP contribution in [0.15, 0.2) is 78.9 Å². The van der Waals surface area contributed by atoms with Gasteiger partial charge in [-0.2, -0.15) is 0 Å². The number of hydrogen-bond donors (Lipinski definition) is 4. The van der Waals surface area contributed by atoms with Crippen LogP contribution >= 0.6 is 8.46 Å². The van der Waals surface area contributed by atoms with Crippen molar-refractivity contribution in [1.29, 1.82) is 0 Å². The van der Waals surface area contributed by atoms with Crippen LogP contribution in [-0.2, 0) is 4.57 Å². The molecule has 0 saturated heterocycles. The van der Waals surface area contributed by atoms with Gasteiger partial charge in [-0.3, -0.25) is 0 Å². The predicted octanol–water partition coefficient (Wildman–Crippen LogP) is 3.50. The van der Waals surface area contributed by atoms with Gasteiger partial charge in [0.1, 0.15) is 0 Å². The van der Waals surface area contributed by atoms with Crippen molar-refractivity contribution >= 4 is 37.6 Å². The third kappa shape index (κ3) is 8.17. The van der Waals surface area contributed by atoms with Crippen LogP contribution in [0.5, 0.6) is 0 Å². The molecule has 0 heterocycles. The summed E-state index contributed by atoms with van der Waals surface area (Å²) >= 11 is 0. The summed E-state index contributed by atoms with van der Waals surface area (Å²) in [6.45, 7) is 0. The Morgan fingerprint density at radius 3 is 0.906 bits per heavy atom. The van der Waals surface area contributed by atoms with Crippen molar-refractivity contribution in [1.82, 2.24) is 0 Å². The molecule has 0 fully saturated rings. The normalized spacial score (nSPS) is 9.38. The zero-order valence-corrected chi connectivity index (χ0v) is 17.3. The van der Waals surface area contributed by atoms with Crippen LogP contribution in [0.3, 0.4) is 0 Å². The lowest BCUT2D eigenvalue weighted by atomic mass is 10.1. The largest absolute Gasteiger partial charge is 0.478 e. The van der Waals surface area contributed by atoms with Crippen LogP contribution in [0.4, 0.5) is 0 Å². The number of rotatable bonds is 5. The Morgan fingerprint density at radius 2 is 0.719 bits per heavy atom. The van der Waals surface area contributed by atoms with Crippen LogP contribution in [0.25, 0.3) is 0 Å². The molecule has 3 aromatic rings. The number of carboxylic acid groups (broad SMARTS) is 4. The maximum absolute atomic E-state index is 10.5. The third-order valence-corrected chi connectivity index (χ3v) is 4.24. The van der Waals surface area contributed by atoms with Gasteiger partial charge >= 0.3 is 32.3 Å². The molecular weight excluding hydrogens is 439 g/mol. The zero-order chi connectivity index (χ0) is 24.1. The van der Waals surface area contributed by atoms with E-state index in [4.69, 9.17) is 20.4 Å². The first-order valence-electron chi connectivity index (χ1n) is 8.73. The molecule has 1 atom stereocenters. The van der Waals surface area contributed by atoms with Crippen molar-refractivity contribution in [2.24, 2.45) is 0 Å². The van der Waals surface area contributed by atoms with Crippen molar-refractivity contribution in [3.8, 4) is 0 Å².